The summed E-state index contributed by atoms with van der Waals surface area (Å²) in [6.07, 6.45) is 3.56. The zero-order valence-corrected chi connectivity index (χ0v) is 15.7. The van der Waals surface area contributed by atoms with E-state index in [1.54, 1.807) is 12.4 Å². The topological polar surface area (TPSA) is 38.9 Å². The van der Waals surface area contributed by atoms with Crippen molar-refractivity contribution < 1.29 is 0 Å². The predicted molar refractivity (Wildman–Crippen MR) is 103 cm³/mol. The molecule has 2 heterocycles. The molecule has 0 saturated carbocycles. The van der Waals surface area contributed by atoms with E-state index in [9.17, 15) is 0 Å². The second kappa shape index (κ2) is 7.72. The van der Waals surface area contributed by atoms with Gasteiger partial charge < -0.3 is 0 Å². The minimum atomic E-state index is 0.683. The molecule has 0 amide bonds. The van der Waals surface area contributed by atoms with Crippen molar-refractivity contribution in [2.75, 3.05) is 13.1 Å². The van der Waals surface area contributed by atoms with Crippen molar-refractivity contribution in [3.63, 3.8) is 0 Å². The maximum absolute atomic E-state index is 5.76. The first-order chi connectivity index (χ1) is 12.1. The molecule has 0 radical (unpaired) electrons. The second-order valence-electron chi connectivity index (χ2n) is 5.96. The maximum Gasteiger partial charge on any atom is 0.204 e. The van der Waals surface area contributed by atoms with Crippen molar-refractivity contribution in [3.05, 3.63) is 59.1 Å². The Hall–Kier alpha value is -2.31. The van der Waals surface area contributed by atoms with Gasteiger partial charge in [-0.25, -0.2) is 4.68 Å². The number of pyridine rings is 1. The van der Waals surface area contributed by atoms with Crippen molar-refractivity contribution in [2.45, 2.75) is 27.4 Å². The van der Waals surface area contributed by atoms with Gasteiger partial charge >= 0.3 is 0 Å². The van der Waals surface area contributed by atoms with Crippen molar-refractivity contribution in [1.29, 1.82) is 0 Å². The standard InChI is InChI=1S/C19H23N5S/c1-4-22(5-2)14-23-19(25)24(17-8-6-15(3)7-9-17)18(21-23)16-10-12-20-13-11-16/h6-13H,4-5,14H2,1-3H3. The summed E-state index contributed by atoms with van der Waals surface area (Å²) in [7, 11) is 0. The first kappa shape index (κ1) is 17.5. The number of aromatic nitrogens is 4. The Morgan fingerprint density at radius 2 is 1.64 bits per heavy atom. The quantitative estimate of drug-likeness (QED) is 0.626. The van der Waals surface area contributed by atoms with E-state index in [-0.39, 0.29) is 0 Å². The lowest BCUT2D eigenvalue weighted by Gasteiger charge is -2.17. The van der Waals surface area contributed by atoms with E-state index in [1.807, 2.05) is 21.4 Å². The van der Waals surface area contributed by atoms with Crippen LogP contribution in [0, 0.1) is 11.7 Å². The van der Waals surface area contributed by atoms with Crippen LogP contribution < -0.4 is 0 Å². The van der Waals surface area contributed by atoms with Crippen molar-refractivity contribution >= 4 is 12.2 Å². The van der Waals surface area contributed by atoms with Gasteiger partial charge in [-0.15, -0.1) is 5.10 Å². The molecule has 0 aliphatic carbocycles. The highest BCUT2D eigenvalue weighted by atomic mass is 32.1. The highest BCUT2D eigenvalue weighted by molar-refractivity contribution is 7.71. The molecule has 6 heteroatoms. The molecule has 0 spiro atoms. The molecule has 0 saturated heterocycles. The largest absolute Gasteiger partial charge is 0.285 e. The van der Waals surface area contributed by atoms with Crippen LogP contribution in [0.15, 0.2) is 48.8 Å². The Bertz CT molecular complexity index is 876. The summed E-state index contributed by atoms with van der Waals surface area (Å²) < 4.78 is 4.63. The fourth-order valence-corrected chi connectivity index (χ4v) is 3.02. The van der Waals surface area contributed by atoms with Crippen LogP contribution in [0.2, 0.25) is 0 Å². The van der Waals surface area contributed by atoms with Crippen LogP contribution in [0.1, 0.15) is 19.4 Å². The summed E-state index contributed by atoms with van der Waals surface area (Å²) in [6, 6.07) is 12.3. The van der Waals surface area contributed by atoms with Crippen LogP contribution in [-0.2, 0) is 6.67 Å². The summed E-state index contributed by atoms with van der Waals surface area (Å²) in [6.45, 7) is 8.97. The van der Waals surface area contributed by atoms with Gasteiger partial charge in [0.1, 0.15) is 0 Å². The van der Waals surface area contributed by atoms with Crippen LogP contribution in [0.5, 0.6) is 0 Å². The lowest BCUT2D eigenvalue weighted by molar-refractivity contribution is 0.227. The summed E-state index contributed by atoms with van der Waals surface area (Å²) in [5.74, 6) is 0.836. The Morgan fingerprint density at radius 1 is 1.00 bits per heavy atom. The molecular formula is C19H23N5S. The van der Waals surface area contributed by atoms with Crippen LogP contribution >= 0.6 is 12.2 Å². The highest BCUT2D eigenvalue weighted by Crippen LogP contribution is 2.22. The van der Waals surface area contributed by atoms with E-state index in [2.05, 4.69) is 54.9 Å². The summed E-state index contributed by atoms with van der Waals surface area (Å²) >= 11 is 5.76. The lowest BCUT2D eigenvalue weighted by Crippen LogP contribution is -2.26. The monoisotopic (exact) mass is 353 g/mol. The van der Waals surface area contributed by atoms with Gasteiger partial charge in [0, 0.05) is 23.6 Å². The third-order valence-electron chi connectivity index (χ3n) is 4.30. The Morgan fingerprint density at radius 3 is 2.24 bits per heavy atom. The van der Waals surface area contributed by atoms with Gasteiger partial charge in [-0.2, -0.15) is 0 Å². The van der Waals surface area contributed by atoms with Crippen LogP contribution in [0.3, 0.4) is 0 Å². The Kier molecular flexibility index (Phi) is 5.40. The average molecular weight is 353 g/mol. The molecular weight excluding hydrogens is 330 g/mol. The summed E-state index contributed by atoms with van der Waals surface area (Å²) in [4.78, 5) is 6.40. The zero-order valence-electron chi connectivity index (χ0n) is 14.9. The number of rotatable bonds is 6. The molecule has 2 aromatic heterocycles. The zero-order chi connectivity index (χ0) is 17.8. The van der Waals surface area contributed by atoms with Gasteiger partial charge in [-0.1, -0.05) is 31.5 Å². The van der Waals surface area contributed by atoms with Crippen molar-refractivity contribution in [2.24, 2.45) is 0 Å². The third kappa shape index (κ3) is 3.70. The first-order valence-electron chi connectivity index (χ1n) is 8.53. The third-order valence-corrected chi connectivity index (χ3v) is 4.69. The molecule has 3 rings (SSSR count). The average Bonchev–Trinajstić information content (AvgIpc) is 2.97. The van der Waals surface area contributed by atoms with Crippen LogP contribution in [-0.4, -0.2) is 37.3 Å². The van der Waals surface area contributed by atoms with Crippen molar-refractivity contribution in [3.8, 4) is 17.1 Å². The normalized spacial score (nSPS) is 11.2. The van der Waals surface area contributed by atoms with Crippen LogP contribution in [0.25, 0.3) is 17.1 Å². The van der Waals surface area contributed by atoms with Gasteiger partial charge in [-0.05, 0) is 56.5 Å². The molecule has 0 aliphatic heterocycles. The number of hydrogen-bond donors (Lipinski definition) is 0. The highest BCUT2D eigenvalue weighted by Gasteiger charge is 2.15. The molecule has 0 N–H and O–H groups in total. The van der Waals surface area contributed by atoms with Gasteiger partial charge in [0.25, 0.3) is 0 Å². The number of nitrogens with zero attached hydrogens (tertiary/aromatic N) is 5. The summed E-state index contributed by atoms with van der Waals surface area (Å²) in [5.41, 5.74) is 3.24. The molecule has 3 aromatic rings. The SMILES string of the molecule is CCN(CC)Cn1nc(-c2ccncc2)n(-c2ccc(C)cc2)c1=S. The molecule has 130 valence electrons. The van der Waals surface area contributed by atoms with Gasteiger partial charge in [-0.3, -0.25) is 14.5 Å². The number of benzene rings is 1. The maximum atomic E-state index is 5.76. The lowest BCUT2D eigenvalue weighted by atomic mass is 10.2. The molecule has 5 nitrogen and oxygen atoms in total. The van der Waals surface area contributed by atoms with Crippen molar-refractivity contribution in [1.82, 2.24) is 24.2 Å². The molecule has 0 bridgehead atoms. The molecule has 25 heavy (non-hydrogen) atoms. The minimum absolute atomic E-state index is 0.683. The molecule has 0 fully saturated rings. The number of aryl methyl sites for hydroxylation is 1. The second-order valence-corrected chi connectivity index (χ2v) is 6.32. The van der Waals surface area contributed by atoms with Gasteiger partial charge in [0.05, 0.1) is 6.67 Å². The smallest absolute Gasteiger partial charge is 0.204 e. The molecule has 0 unspecified atom stereocenters. The van der Waals surface area contributed by atoms with Crippen LogP contribution in [0.4, 0.5) is 0 Å². The number of hydrogen-bond acceptors (Lipinski definition) is 4. The fourth-order valence-electron chi connectivity index (χ4n) is 2.73. The predicted octanol–water partition coefficient (Wildman–Crippen LogP) is 4.07. The minimum Gasteiger partial charge on any atom is -0.285 e. The Labute approximate surface area is 153 Å². The van der Waals surface area contributed by atoms with Gasteiger partial charge in [0.2, 0.25) is 4.77 Å². The summed E-state index contributed by atoms with van der Waals surface area (Å²) in [5, 5.41) is 4.82. The molecule has 0 aliphatic rings. The van der Waals surface area contributed by atoms with E-state index in [1.165, 1.54) is 5.56 Å². The van der Waals surface area contributed by atoms with E-state index < -0.39 is 0 Å². The van der Waals surface area contributed by atoms with E-state index in [4.69, 9.17) is 17.3 Å². The Balaban J connectivity index is 2.15. The van der Waals surface area contributed by atoms with Gasteiger partial charge in [0.15, 0.2) is 5.82 Å². The first-order valence-corrected chi connectivity index (χ1v) is 8.94. The van der Waals surface area contributed by atoms with E-state index in [0.29, 0.717) is 11.4 Å². The fraction of sp³-hybridized carbons (Fsp3) is 0.316. The molecule has 0 atom stereocenters. The van der Waals surface area contributed by atoms with E-state index >= 15 is 0 Å². The van der Waals surface area contributed by atoms with E-state index in [0.717, 1.165) is 30.2 Å². The molecule has 1 aromatic carbocycles.